The van der Waals surface area contributed by atoms with Gasteiger partial charge in [-0.1, -0.05) is 22.0 Å². The molecule has 0 bridgehead atoms. The molecule has 5 nitrogen and oxygen atoms in total. The van der Waals surface area contributed by atoms with Gasteiger partial charge >= 0.3 is 5.97 Å². The molecule has 0 heterocycles. The summed E-state index contributed by atoms with van der Waals surface area (Å²) in [5, 5.41) is 2.69. The van der Waals surface area contributed by atoms with E-state index in [1.54, 1.807) is 24.3 Å². The second kappa shape index (κ2) is 7.97. The van der Waals surface area contributed by atoms with Crippen molar-refractivity contribution in [3.63, 3.8) is 0 Å². The van der Waals surface area contributed by atoms with Crippen LogP contribution in [0.2, 0.25) is 0 Å². The van der Waals surface area contributed by atoms with Gasteiger partial charge in [0, 0.05) is 29.9 Å². The molecule has 0 saturated heterocycles. The molecule has 0 aromatic heterocycles. The third kappa shape index (κ3) is 4.83. The SMILES string of the molecule is Cc1ccc(NC(=O)COC(=O)c2ccc(N(C)C)cc2)cc1Br. The summed E-state index contributed by atoms with van der Waals surface area (Å²) in [5.74, 6) is -0.912. The zero-order chi connectivity index (χ0) is 17.7. The van der Waals surface area contributed by atoms with Crippen LogP contribution in [0.4, 0.5) is 11.4 Å². The molecule has 1 N–H and O–H groups in total. The van der Waals surface area contributed by atoms with Crippen LogP contribution in [0.1, 0.15) is 15.9 Å². The van der Waals surface area contributed by atoms with Crippen LogP contribution in [0.15, 0.2) is 46.9 Å². The summed E-state index contributed by atoms with van der Waals surface area (Å²) in [6, 6.07) is 12.5. The van der Waals surface area contributed by atoms with Crippen molar-refractivity contribution in [3.05, 3.63) is 58.1 Å². The largest absolute Gasteiger partial charge is 0.452 e. The molecule has 2 rings (SSSR count). The smallest absolute Gasteiger partial charge is 0.338 e. The number of anilines is 2. The summed E-state index contributed by atoms with van der Waals surface area (Å²) >= 11 is 3.40. The van der Waals surface area contributed by atoms with E-state index in [1.165, 1.54) is 0 Å². The maximum absolute atomic E-state index is 12.0. The minimum atomic E-state index is -0.527. The van der Waals surface area contributed by atoms with E-state index in [1.807, 2.05) is 44.1 Å². The van der Waals surface area contributed by atoms with Gasteiger partial charge in [0.15, 0.2) is 6.61 Å². The van der Waals surface area contributed by atoms with Gasteiger partial charge in [-0.2, -0.15) is 0 Å². The molecule has 1 amide bonds. The highest BCUT2D eigenvalue weighted by Gasteiger charge is 2.11. The molecule has 0 spiro atoms. The Morgan fingerprint density at radius 1 is 1.12 bits per heavy atom. The summed E-state index contributed by atoms with van der Waals surface area (Å²) < 4.78 is 5.94. The molecule has 0 aliphatic carbocycles. The Labute approximate surface area is 149 Å². The van der Waals surface area contributed by atoms with Crippen molar-refractivity contribution < 1.29 is 14.3 Å². The van der Waals surface area contributed by atoms with Crippen LogP contribution in [0.3, 0.4) is 0 Å². The predicted octanol–water partition coefficient (Wildman–Crippen LogP) is 3.62. The molecule has 0 saturated carbocycles. The Balaban J connectivity index is 1.88. The van der Waals surface area contributed by atoms with E-state index in [0.717, 1.165) is 15.7 Å². The Bertz CT molecular complexity index is 742. The first-order valence-electron chi connectivity index (χ1n) is 7.37. The first kappa shape index (κ1) is 18.0. The molecular formula is C18H19BrN2O3. The third-order valence-electron chi connectivity index (χ3n) is 3.41. The normalized spacial score (nSPS) is 10.2. The minimum absolute atomic E-state index is 0.334. The molecule has 0 radical (unpaired) electrons. The van der Waals surface area contributed by atoms with Crippen LogP contribution in [0, 0.1) is 6.92 Å². The maximum atomic E-state index is 12.0. The number of ether oxygens (including phenoxy) is 1. The lowest BCUT2D eigenvalue weighted by Gasteiger charge is -2.12. The van der Waals surface area contributed by atoms with Crippen molar-refractivity contribution in [3.8, 4) is 0 Å². The Morgan fingerprint density at radius 3 is 2.38 bits per heavy atom. The van der Waals surface area contributed by atoms with E-state index >= 15 is 0 Å². The number of rotatable bonds is 5. The highest BCUT2D eigenvalue weighted by molar-refractivity contribution is 9.10. The van der Waals surface area contributed by atoms with Gasteiger partial charge in [0.25, 0.3) is 5.91 Å². The number of hydrogen-bond donors (Lipinski definition) is 1. The number of benzene rings is 2. The van der Waals surface area contributed by atoms with Crippen LogP contribution < -0.4 is 10.2 Å². The van der Waals surface area contributed by atoms with Crippen molar-refractivity contribution in [2.75, 3.05) is 30.9 Å². The summed E-state index contributed by atoms with van der Waals surface area (Å²) in [5.41, 5.74) is 3.10. The van der Waals surface area contributed by atoms with Crippen LogP contribution in [-0.4, -0.2) is 32.6 Å². The summed E-state index contributed by atoms with van der Waals surface area (Å²) in [4.78, 5) is 25.8. The fraction of sp³-hybridized carbons (Fsp3) is 0.222. The molecule has 6 heteroatoms. The van der Waals surface area contributed by atoms with Crippen LogP contribution in [0.5, 0.6) is 0 Å². The van der Waals surface area contributed by atoms with Gasteiger partial charge in [-0.3, -0.25) is 4.79 Å². The zero-order valence-electron chi connectivity index (χ0n) is 13.8. The zero-order valence-corrected chi connectivity index (χ0v) is 15.4. The first-order valence-corrected chi connectivity index (χ1v) is 8.16. The number of aryl methyl sites for hydroxylation is 1. The maximum Gasteiger partial charge on any atom is 0.338 e. The molecule has 0 unspecified atom stereocenters. The molecule has 2 aromatic rings. The fourth-order valence-electron chi connectivity index (χ4n) is 1.98. The fourth-order valence-corrected chi connectivity index (χ4v) is 2.36. The van der Waals surface area contributed by atoms with Crippen LogP contribution in [0.25, 0.3) is 0 Å². The van der Waals surface area contributed by atoms with E-state index in [2.05, 4.69) is 21.2 Å². The summed E-state index contributed by atoms with van der Waals surface area (Å²) in [6.07, 6.45) is 0. The van der Waals surface area contributed by atoms with E-state index in [9.17, 15) is 9.59 Å². The van der Waals surface area contributed by atoms with Crippen molar-refractivity contribution in [2.45, 2.75) is 6.92 Å². The Hall–Kier alpha value is -2.34. The number of halogens is 1. The molecule has 126 valence electrons. The lowest BCUT2D eigenvalue weighted by Crippen LogP contribution is -2.21. The average Bonchev–Trinajstić information content (AvgIpc) is 2.56. The standard InChI is InChI=1S/C18H19BrN2O3/c1-12-4-7-14(10-16(12)19)20-17(22)11-24-18(23)13-5-8-15(9-6-13)21(2)3/h4-10H,11H2,1-3H3,(H,20,22). The molecule has 24 heavy (non-hydrogen) atoms. The Morgan fingerprint density at radius 2 is 1.79 bits per heavy atom. The van der Waals surface area contributed by atoms with Crippen molar-refractivity contribution in [2.24, 2.45) is 0 Å². The number of hydrogen-bond acceptors (Lipinski definition) is 4. The van der Waals surface area contributed by atoms with E-state index in [4.69, 9.17) is 4.74 Å². The highest BCUT2D eigenvalue weighted by atomic mass is 79.9. The molecule has 0 aliphatic rings. The van der Waals surface area contributed by atoms with Gasteiger partial charge < -0.3 is 15.0 Å². The monoisotopic (exact) mass is 390 g/mol. The van der Waals surface area contributed by atoms with Gasteiger partial charge in [0.2, 0.25) is 0 Å². The number of nitrogens with one attached hydrogen (secondary N) is 1. The van der Waals surface area contributed by atoms with E-state index in [0.29, 0.717) is 11.3 Å². The lowest BCUT2D eigenvalue weighted by molar-refractivity contribution is -0.119. The molecule has 0 aliphatic heterocycles. The predicted molar refractivity (Wildman–Crippen MR) is 98.6 cm³/mol. The molecular weight excluding hydrogens is 372 g/mol. The van der Waals surface area contributed by atoms with Crippen molar-refractivity contribution in [1.29, 1.82) is 0 Å². The van der Waals surface area contributed by atoms with Gasteiger partial charge in [0.1, 0.15) is 0 Å². The van der Waals surface area contributed by atoms with E-state index < -0.39 is 5.97 Å². The van der Waals surface area contributed by atoms with Gasteiger partial charge in [-0.25, -0.2) is 4.79 Å². The number of carbonyl (C=O) groups is 2. The quantitative estimate of drug-likeness (QED) is 0.792. The second-order valence-electron chi connectivity index (χ2n) is 5.53. The van der Waals surface area contributed by atoms with E-state index in [-0.39, 0.29) is 12.5 Å². The van der Waals surface area contributed by atoms with Crippen LogP contribution >= 0.6 is 15.9 Å². The second-order valence-corrected chi connectivity index (χ2v) is 6.38. The minimum Gasteiger partial charge on any atom is -0.452 e. The summed E-state index contributed by atoms with van der Waals surface area (Å²) in [7, 11) is 3.84. The van der Waals surface area contributed by atoms with Crippen LogP contribution in [-0.2, 0) is 9.53 Å². The number of amides is 1. The lowest BCUT2D eigenvalue weighted by atomic mass is 10.2. The van der Waals surface area contributed by atoms with Crippen molar-refractivity contribution in [1.82, 2.24) is 0 Å². The molecule has 2 aromatic carbocycles. The summed E-state index contributed by atoms with van der Waals surface area (Å²) in [6.45, 7) is 1.62. The van der Waals surface area contributed by atoms with Gasteiger partial charge in [-0.05, 0) is 48.9 Å². The number of esters is 1. The molecule has 0 atom stereocenters. The topological polar surface area (TPSA) is 58.6 Å². The molecule has 0 fully saturated rings. The number of nitrogens with zero attached hydrogens (tertiary/aromatic N) is 1. The Kier molecular flexibility index (Phi) is 5.98. The number of carbonyl (C=O) groups excluding carboxylic acids is 2. The van der Waals surface area contributed by atoms with Crippen molar-refractivity contribution >= 4 is 39.2 Å². The highest BCUT2D eigenvalue weighted by Crippen LogP contribution is 2.20. The van der Waals surface area contributed by atoms with Gasteiger partial charge in [-0.15, -0.1) is 0 Å². The average molecular weight is 391 g/mol. The third-order valence-corrected chi connectivity index (χ3v) is 4.26. The van der Waals surface area contributed by atoms with Gasteiger partial charge in [0.05, 0.1) is 5.56 Å². The first-order chi connectivity index (χ1) is 11.4.